The van der Waals surface area contributed by atoms with Crippen LogP contribution < -0.4 is 10.1 Å². The average molecular weight is 293 g/mol. The van der Waals surface area contributed by atoms with Crippen LogP contribution in [-0.2, 0) is 11.2 Å². The van der Waals surface area contributed by atoms with Gasteiger partial charge in [-0.15, -0.1) is 0 Å². The van der Waals surface area contributed by atoms with E-state index in [1.165, 1.54) is 0 Å². The van der Waals surface area contributed by atoms with Gasteiger partial charge in [-0.2, -0.15) is 0 Å². The van der Waals surface area contributed by atoms with Gasteiger partial charge in [0.2, 0.25) is 5.91 Å². The third-order valence-electron chi connectivity index (χ3n) is 2.78. The number of carbonyl (C=O) groups is 2. The molecule has 5 heteroatoms. The van der Waals surface area contributed by atoms with E-state index in [-0.39, 0.29) is 21.8 Å². The molecule has 1 N–H and O–H groups in total. The van der Waals surface area contributed by atoms with Crippen molar-refractivity contribution in [2.45, 2.75) is 32.4 Å². The number of amides is 2. The fourth-order valence-corrected chi connectivity index (χ4v) is 2.62. The van der Waals surface area contributed by atoms with Crippen LogP contribution in [0.3, 0.4) is 0 Å². The molecule has 1 aromatic rings. The van der Waals surface area contributed by atoms with Crippen molar-refractivity contribution < 1.29 is 14.3 Å². The largest absolute Gasteiger partial charge is 0.493 e. The summed E-state index contributed by atoms with van der Waals surface area (Å²) in [5, 5.41) is 1.72. The number of benzene rings is 1. The Morgan fingerprint density at radius 1 is 1.20 bits per heavy atom. The Labute approximate surface area is 123 Å². The van der Waals surface area contributed by atoms with Crippen molar-refractivity contribution >= 4 is 22.9 Å². The topological polar surface area (TPSA) is 55.4 Å². The highest BCUT2D eigenvalue weighted by molar-refractivity contribution is 8.15. The normalized spacial score (nSPS) is 19.1. The summed E-state index contributed by atoms with van der Waals surface area (Å²) >= 11 is 1.06. The van der Waals surface area contributed by atoms with Gasteiger partial charge in [-0.25, -0.2) is 0 Å². The van der Waals surface area contributed by atoms with Crippen molar-refractivity contribution in [2.24, 2.45) is 5.41 Å². The van der Waals surface area contributed by atoms with Crippen LogP contribution in [0.5, 0.6) is 5.75 Å². The van der Waals surface area contributed by atoms with Crippen LogP contribution in [0.25, 0.3) is 0 Å². The third kappa shape index (κ3) is 4.27. The van der Waals surface area contributed by atoms with Gasteiger partial charge in [0.1, 0.15) is 5.75 Å². The molecular weight excluding hydrogens is 274 g/mol. The molecule has 1 heterocycles. The molecule has 1 saturated heterocycles. The summed E-state index contributed by atoms with van der Waals surface area (Å²) in [7, 11) is 0. The number of hydrogen-bond donors (Lipinski definition) is 1. The summed E-state index contributed by atoms with van der Waals surface area (Å²) in [5.41, 5.74) is 1.15. The Balaban J connectivity index is 1.92. The lowest BCUT2D eigenvalue weighted by atomic mass is 9.99. The fourth-order valence-electron chi connectivity index (χ4n) is 1.76. The Kier molecular flexibility index (Phi) is 4.38. The monoisotopic (exact) mass is 293 g/mol. The molecule has 1 aromatic carbocycles. The van der Waals surface area contributed by atoms with E-state index in [9.17, 15) is 9.59 Å². The minimum atomic E-state index is -0.316. The van der Waals surface area contributed by atoms with Crippen molar-refractivity contribution in [3.8, 4) is 5.75 Å². The number of nitrogens with one attached hydrogen (secondary N) is 1. The maximum Gasteiger partial charge on any atom is 0.286 e. The smallest absolute Gasteiger partial charge is 0.286 e. The van der Waals surface area contributed by atoms with Crippen LogP contribution >= 0.6 is 11.8 Å². The van der Waals surface area contributed by atoms with Crippen molar-refractivity contribution in [1.29, 1.82) is 0 Å². The van der Waals surface area contributed by atoms with Gasteiger partial charge in [-0.1, -0.05) is 44.7 Å². The Bertz CT molecular complexity index is 505. The van der Waals surface area contributed by atoms with Gasteiger partial charge in [-0.05, 0) is 29.5 Å². The first-order valence-corrected chi connectivity index (χ1v) is 7.45. The quantitative estimate of drug-likeness (QED) is 0.927. The Morgan fingerprint density at radius 3 is 2.35 bits per heavy atom. The first kappa shape index (κ1) is 14.9. The first-order chi connectivity index (χ1) is 9.33. The van der Waals surface area contributed by atoms with Crippen LogP contribution in [0.15, 0.2) is 24.3 Å². The molecule has 0 radical (unpaired) electrons. The van der Waals surface area contributed by atoms with Gasteiger partial charge in [0, 0.05) is 0 Å². The number of carbonyl (C=O) groups excluding carboxylic acids is 2. The number of hydrogen-bond acceptors (Lipinski definition) is 4. The average Bonchev–Trinajstić information content (AvgIpc) is 2.66. The van der Waals surface area contributed by atoms with Crippen LogP contribution in [0.1, 0.15) is 26.3 Å². The molecule has 0 aliphatic carbocycles. The zero-order valence-corrected chi connectivity index (χ0v) is 12.8. The van der Waals surface area contributed by atoms with E-state index < -0.39 is 0 Å². The van der Waals surface area contributed by atoms with E-state index in [2.05, 4.69) is 26.1 Å². The van der Waals surface area contributed by atoms with Gasteiger partial charge in [0.05, 0.1) is 11.9 Å². The molecule has 20 heavy (non-hydrogen) atoms. The zero-order valence-electron chi connectivity index (χ0n) is 11.9. The lowest BCUT2D eigenvalue weighted by Gasteiger charge is -2.19. The summed E-state index contributed by atoms with van der Waals surface area (Å²) < 4.78 is 5.69. The summed E-state index contributed by atoms with van der Waals surface area (Å²) in [6.45, 7) is 7.01. The summed E-state index contributed by atoms with van der Waals surface area (Å²) in [5.74, 6) is 0.622. The minimum Gasteiger partial charge on any atom is -0.493 e. The molecule has 1 unspecified atom stereocenters. The van der Waals surface area contributed by atoms with Gasteiger partial charge >= 0.3 is 0 Å². The molecule has 1 aliphatic rings. The second-order valence-electron chi connectivity index (χ2n) is 6.08. The standard InChI is InChI=1S/C15H19NO3S/c1-15(2,3)9-19-11-6-4-10(5-7-11)8-12-13(17)16-14(18)20-12/h4-7,12H,8-9H2,1-3H3,(H,16,17,18). The second kappa shape index (κ2) is 5.87. The maximum atomic E-state index is 11.5. The van der Waals surface area contributed by atoms with E-state index in [0.29, 0.717) is 13.0 Å². The highest BCUT2D eigenvalue weighted by atomic mass is 32.2. The van der Waals surface area contributed by atoms with Gasteiger partial charge < -0.3 is 4.74 Å². The van der Waals surface area contributed by atoms with Crippen LogP contribution in [0.4, 0.5) is 4.79 Å². The zero-order chi connectivity index (χ0) is 14.8. The summed E-state index contributed by atoms with van der Waals surface area (Å²) in [4.78, 5) is 22.6. The minimum absolute atomic E-state index is 0.123. The SMILES string of the molecule is CC(C)(C)COc1ccc(CC2SC(=O)NC2=O)cc1. The lowest BCUT2D eigenvalue weighted by Crippen LogP contribution is -2.25. The number of rotatable bonds is 4. The fraction of sp³-hybridized carbons (Fsp3) is 0.467. The first-order valence-electron chi connectivity index (χ1n) is 6.57. The van der Waals surface area contributed by atoms with Crippen molar-refractivity contribution in [2.75, 3.05) is 6.61 Å². The molecule has 2 rings (SSSR count). The van der Waals surface area contributed by atoms with Crippen molar-refractivity contribution in [3.05, 3.63) is 29.8 Å². The second-order valence-corrected chi connectivity index (χ2v) is 7.26. The molecule has 2 amide bonds. The van der Waals surface area contributed by atoms with Gasteiger partial charge in [0.25, 0.3) is 5.24 Å². The molecular formula is C15H19NO3S. The molecule has 4 nitrogen and oxygen atoms in total. The molecule has 1 aliphatic heterocycles. The third-order valence-corrected chi connectivity index (χ3v) is 3.76. The van der Waals surface area contributed by atoms with Gasteiger partial charge in [0.15, 0.2) is 0 Å². The maximum absolute atomic E-state index is 11.5. The number of thioether (sulfide) groups is 1. The molecule has 0 spiro atoms. The predicted octanol–water partition coefficient (Wildman–Crippen LogP) is 3.01. The number of ether oxygens (including phenoxy) is 1. The lowest BCUT2D eigenvalue weighted by molar-refractivity contribution is -0.118. The molecule has 0 saturated carbocycles. The summed E-state index contributed by atoms with van der Waals surface area (Å²) in [6, 6.07) is 7.68. The van der Waals surface area contributed by atoms with Crippen molar-refractivity contribution in [3.63, 3.8) is 0 Å². The van der Waals surface area contributed by atoms with Crippen LogP contribution in [-0.4, -0.2) is 23.0 Å². The van der Waals surface area contributed by atoms with Crippen molar-refractivity contribution in [1.82, 2.24) is 5.32 Å². The Hall–Kier alpha value is -1.49. The number of imide groups is 1. The highest BCUT2D eigenvalue weighted by Gasteiger charge is 2.31. The summed E-state index contributed by atoms with van der Waals surface area (Å²) in [6.07, 6.45) is 0.557. The van der Waals surface area contributed by atoms with E-state index in [1.54, 1.807) is 0 Å². The van der Waals surface area contributed by atoms with Crippen LogP contribution in [0, 0.1) is 5.41 Å². The molecule has 108 valence electrons. The predicted molar refractivity (Wildman–Crippen MR) is 80.0 cm³/mol. The molecule has 0 bridgehead atoms. The van der Waals surface area contributed by atoms with E-state index in [4.69, 9.17) is 4.74 Å². The molecule has 0 aromatic heterocycles. The molecule has 1 atom stereocenters. The molecule has 1 fully saturated rings. The van der Waals surface area contributed by atoms with E-state index in [1.807, 2.05) is 24.3 Å². The van der Waals surface area contributed by atoms with Gasteiger partial charge in [-0.3, -0.25) is 14.9 Å². The highest BCUT2D eigenvalue weighted by Crippen LogP contribution is 2.24. The van der Waals surface area contributed by atoms with E-state index >= 15 is 0 Å². The Morgan fingerprint density at radius 2 is 1.85 bits per heavy atom. The van der Waals surface area contributed by atoms with E-state index in [0.717, 1.165) is 23.1 Å². The van der Waals surface area contributed by atoms with Crippen LogP contribution in [0.2, 0.25) is 0 Å².